The minimum absolute atomic E-state index is 0.0729. The maximum absolute atomic E-state index is 12.9. The van der Waals surface area contributed by atoms with Crippen LogP contribution in [0.4, 0.5) is 0 Å². The van der Waals surface area contributed by atoms with Crippen molar-refractivity contribution in [3.8, 4) is 0 Å². The third-order valence-corrected chi connectivity index (χ3v) is 5.62. The molecule has 0 saturated heterocycles. The smallest absolute Gasteiger partial charge is 0.254 e. The van der Waals surface area contributed by atoms with Crippen LogP contribution in [0.15, 0.2) is 60.9 Å². The minimum Gasteiger partial charge on any atom is -0.361 e. The van der Waals surface area contributed by atoms with E-state index in [9.17, 15) is 4.79 Å². The number of para-hydroxylation sites is 1. The van der Waals surface area contributed by atoms with E-state index in [-0.39, 0.29) is 5.91 Å². The number of hydrogen-bond donors (Lipinski definition) is 2. The second kappa shape index (κ2) is 6.32. The van der Waals surface area contributed by atoms with Crippen molar-refractivity contribution in [2.24, 2.45) is 0 Å². The maximum Gasteiger partial charge on any atom is 0.254 e. The summed E-state index contributed by atoms with van der Waals surface area (Å²) in [6.45, 7) is 1.32. The van der Waals surface area contributed by atoms with Crippen LogP contribution < -0.4 is 0 Å². The molecule has 5 rings (SSSR count). The average Bonchev–Trinajstić information content (AvgIpc) is 3.34. The molecule has 4 aromatic rings. The van der Waals surface area contributed by atoms with Gasteiger partial charge in [-0.3, -0.25) is 4.79 Å². The van der Waals surface area contributed by atoms with Gasteiger partial charge in [-0.2, -0.15) is 0 Å². The van der Waals surface area contributed by atoms with Crippen molar-refractivity contribution < 1.29 is 4.79 Å². The fraction of sp³-hybridized carbons (Fsp3) is 0.136. The minimum atomic E-state index is 0.0729. The highest BCUT2D eigenvalue weighted by Gasteiger charge is 2.21. The number of H-pyrrole nitrogens is 2. The zero-order chi connectivity index (χ0) is 18.4. The first-order chi connectivity index (χ1) is 13.2. The van der Waals surface area contributed by atoms with Crippen molar-refractivity contribution in [1.82, 2.24) is 14.9 Å². The van der Waals surface area contributed by atoms with E-state index in [2.05, 4.69) is 22.1 Å². The number of nitrogens with zero attached hydrogens (tertiary/aromatic N) is 1. The molecule has 27 heavy (non-hydrogen) atoms. The van der Waals surface area contributed by atoms with Crippen molar-refractivity contribution in [3.63, 3.8) is 0 Å². The van der Waals surface area contributed by atoms with Crippen LogP contribution in [0.25, 0.3) is 27.4 Å². The lowest BCUT2D eigenvalue weighted by Crippen LogP contribution is -2.34. The molecule has 0 bridgehead atoms. The van der Waals surface area contributed by atoms with Crippen LogP contribution in [0.1, 0.15) is 22.3 Å². The summed E-state index contributed by atoms with van der Waals surface area (Å²) in [7, 11) is 0. The largest absolute Gasteiger partial charge is 0.361 e. The van der Waals surface area contributed by atoms with Gasteiger partial charge in [0.1, 0.15) is 0 Å². The summed E-state index contributed by atoms with van der Waals surface area (Å²) in [5, 5.41) is 2.97. The predicted octanol–water partition coefficient (Wildman–Crippen LogP) is 5.23. The van der Waals surface area contributed by atoms with Gasteiger partial charge in [0.05, 0.1) is 10.5 Å². The zero-order valence-electron chi connectivity index (χ0n) is 14.6. The van der Waals surface area contributed by atoms with E-state index >= 15 is 0 Å². The molecule has 4 nitrogen and oxygen atoms in total. The van der Waals surface area contributed by atoms with Crippen LogP contribution in [0.5, 0.6) is 0 Å². The second-order valence-corrected chi connectivity index (χ2v) is 7.28. The Bertz CT molecular complexity index is 1200. The molecular formula is C22H18ClN3O. The number of carbonyl (C=O) groups is 1. The van der Waals surface area contributed by atoms with Crippen LogP contribution in [0.3, 0.4) is 0 Å². The molecule has 1 aliphatic rings. The standard InChI is InChI=1S/C22H18ClN3O/c23-19-3-1-2-17-18(13-25-21(17)19)14-7-10-26(11-8-14)22(27)16-5-4-15-6-9-24-20(15)12-16/h1-7,9,12-13,24-25H,8,10-11H2. The Balaban J connectivity index is 1.40. The lowest BCUT2D eigenvalue weighted by Gasteiger charge is -2.26. The number of aromatic nitrogens is 2. The molecule has 5 heteroatoms. The Labute approximate surface area is 161 Å². The van der Waals surface area contributed by atoms with Gasteiger partial charge in [0.25, 0.3) is 5.91 Å². The highest BCUT2D eigenvalue weighted by Crippen LogP contribution is 2.32. The van der Waals surface area contributed by atoms with Crippen LogP contribution in [0.2, 0.25) is 5.02 Å². The second-order valence-electron chi connectivity index (χ2n) is 6.87. The summed E-state index contributed by atoms with van der Waals surface area (Å²) in [4.78, 5) is 21.2. The number of fused-ring (bicyclic) bond motifs is 2. The summed E-state index contributed by atoms with van der Waals surface area (Å²) in [5.74, 6) is 0.0729. The van der Waals surface area contributed by atoms with Gasteiger partial charge in [0.2, 0.25) is 0 Å². The SMILES string of the molecule is O=C(c1ccc2cc[nH]c2c1)N1CC=C(c2c[nH]c3c(Cl)cccc23)CC1. The Kier molecular flexibility index (Phi) is 3.80. The number of amides is 1. The Morgan fingerprint density at radius 3 is 2.89 bits per heavy atom. The molecule has 134 valence electrons. The Morgan fingerprint density at radius 2 is 2.04 bits per heavy atom. The molecule has 0 unspecified atom stereocenters. The average molecular weight is 376 g/mol. The van der Waals surface area contributed by atoms with Gasteiger partial charge >= 0.3 is 0 Å². The van der Waals surface area contributed by atoms with Crippen molar-refractivity contribution in [2.75, 3.05) is 13.1 Å². The van der Waals surface area contributed by atoms with E-state index < -0.39 is 0 Å². The summed E-state index contributed by atoms with van der Waals surface area (Å²) in [6, 6.07) is 13.8. The number of nitrogens with one attached hydrogen (secondary N) is 2. The molecular weight excluding hydrogens is 358 g/mol. The highest BCUT2D eigenvalue weighted by atomic mass is 35.5. The molecule has 2 aromatic heterocycles. The molecule has 0 radical (unpaired) electrons. The molecule has 2 aromatic carbocycles. The lowest BCUT2D eigenvalue weighted by atomic mass is 9.98. The van der Waals surface area contributed by atoms with Crippen LogP contribution in [0, 0.1) is 0 Å². The quantitative estimate of drug-likeness (QED) is 0.495. The molecule has 0 fully saturated rings. The van der Waals surface area contributed by atoms with E-state index in [1.165, 1.54) is 11.1 Å². The fourth-order valence-corrected chi connectivity index (χ4v) is 4.07. The van der Waals surface area contributed by atoms with Crippen molar-refractivity contribution in [3.05, 3.63) is 77.1 Å². The van der Waals surface area contributed by atoms with Gasteiger partial charge < -0.3 is 14.9 Å². The monoisotopic (exact) mass is 375 g/mol. The number of carbonyl (C=O) groups excluding carboxylic acids is 1. The molecule has 0 spiro atoms. The molecule has 0 saturated carbocycles. The summed E-state index contributed by atoms with van der Waals surface area (Å²) >= 11 is 6.27. The first-order valence-electron chi connectivity index (χ1n) is 9.02. The molecule has 0 atom stereocenters. The number of hydrogen-bond acceptors (Lipinski definition) is 1. The van der Waals surface area contributed by atoms with Crippen LogP contribution in [-0.2, 0) is 0 Å². The van der Waals surface area contributed by atoms with E-state index in [0.29, 0.717) is 13.1 Å². The third-order valence-electron chi connectivity index (χ3n) is 5.31. The van der Waals surface area contributed by atoms with Crippen molar-refractivity contribution in [1.29, 1.82) is 0 Å². The van der Waals surface area contributed by atoms with E-state index in [1.54, 1.807) is 0 Å². The number of aromatic amines is 2. The van der Waals surface area contributed by atoms with Gasteiger partial charge in [-0.05, 0) is 41.6 Å². The van der Waals surface area contributed by atoms with E-state index in [0.717, 1.165) is 38.8 Å². The first kappa shape index (κ1) is 16.2. The molecule has 3 heterocycles. The zero-order valence-corrected chi connectivity index (χ0v) is 15.4. The van der Waals surface area contributed by atoms with Crippen molar-refractivity contribution in [2.45, 2.75) is 6.42 Å². The van der Waals surface area contributed by atoms with E-state index in [1.807, 2.05) is 53.7 Å². The predicted molar refractivity (Wildman–Crippen MR) is 110 cm³/mol. The summed E-state index contributed by atoms with van der Waals surface area (Å²) in [5.41, 5.74) is 5.11. The normalized spacial score (nSPS) is 14.7. The lowest BCUT2D eigenvalue weighted by molar-refractivity contribution is 0.0773. The van der Waals surface area contributed by atoms with Crippen LogP contribution >= 0.6 is 11.6 Å². The highest BCUT2D eigenvalue weighted by molar-refractivity contribution is 6.35. The molecule has 1 amide bonds. The maximum atomic E-state index is 12.9. The van der Waals surface area contributed by atoms with Gasteiger partial charge in [-0.15, -0.1) is 0 Å². The summed E-state index contributed by atoms with van der Waals surface area (Å²) < 4.78 is 0. The van der Waals surface area contributed by atoms with Crippen LogP contribution in [-0.4, -0.2) is 33.9 Å². The fourth-order valence-electron chi connectivity index (χ4n) is 3.84. The third kappa shape index (κ3) is 2.73. The number of halogens is 1. The van der Waals surface area contributed by atoms with Gasteiger partial charge in [0.15, 0.2) is 0 Å². The Hall–Kier alpha value is -2.98. The van der Waals surface area contributed by atoms with Gasteiger partial charge in [-0.1, -0.05) is 35.9 Å². The molecule has 1 aliphatic heterocycles. The molecule has 0 aliphatic carbocycles. The topological polar surface area (TPSA) is 51.9 Å². The summed E-state index contributed by atoms with van der Waals surface area (Å²) in [6.07, 6.45) is 6.88. The van der Waals surface area contributed by atoms with Gasteiger partial charge in [-0.25, -0.2) is 0 Å². The molecule has 2 N–H and O–H groups in total. The Morgan fingerprint density at radius 1 is 1.11 bits per heavy atom. The van der Waals surface area contributed by atoms with E-state index in [4.69, 9.17) is 11.6 Å². The number of rotatable bonds is 2. The van der Waals surface area contributed by atoms with Crippen molar-refractivity contribution >= 4 is 44.9 Å². The van der Waals surface area contributed by atoms with Gasteiger partial charge in [0, 0.05) is 47.5 Å². The number of benzene rings is 2. The first-order valence-corrected chi connectivity index (χ1v) is 9.40.